The van der Waals surface area contributed by atoms with Crippen molar-refractivity contribution in [3.8, 4) is 0 Å². The van der Waals surface area contributed by atoms with Gasteiger partial charge in [-0.3, -0.25) is 4.79 Å². The van der Waals surface area contributed by atoms with E-state index in [2.05, 4.69) is 13.8 Å². The lowest BCUT2D eigenvalue weighted by Crippen LogP contribution is -2.37. The van der Waals surface area contributed by atoms with E-state index >= 15 is 0 Å². The summed E-state index contributed by atoms with van der Waals surface area (Å²) in [6, 6.07) is 14.0. The molecule has 0 aromatic heterocycles. The third kappa shape index (κ3) is 4.22. The second-order valence-corrected chi connectivity index (χ2v) is 7.41. The SMILES string of the molecule is CC1(C)COC(CCCCC(=O)c2cccc3ccccc23)OC1. The molecule has 2 aromatic carbocycles. The number of rotatable bonds is 6. The number of carbonyl (C=O) groups excluding carboxylic acids is 1. The Hall–Kier alpha value is -1.71. The fraction of sp³-hybridized carbons (Fsp3) is 0.476. The van der Waals surface area contributed by atoms with E-state index in [9.17, 15) is 4.79 Å². The molecule has 1 saturated heterocycles. The number of carbonyl (C=O) groups is 1. The Kier molecular flexibility index (Phi) is 5.32. The molecule has 0 radical (unpaired) electrons. The Labute approximate surface area is 144 Å². The zero-order valence-corrected chi connectivity index (χ0v) is 14.6. The monoisotopic (exact) mass is 326 g/mol. The molecule has 3 heteroatoms. The molecule has 1 fully saturated rings. The molecule has 128 valence electrons. The summed E-state index contributed by atoms with van der Waals surface area (Å²) in [4.78, 5) is 12.5. The molecule has 0 amide bonds. The number of ketones is 1. The van der Waals surface area contributed by atoms with Gasteiger partial charge in [-0.25, -0.2) is 0 Å². The van der Waals surface area contributed by atoms with Gasteiger partial charge in [0.2, 0.25) is 0 Å². The van der Waals surface area contributed by atoms with Crippen molar-refractivity contribution in [3.05, 3.63) is 48.0 Å². The van der Waals surface area contributed by atoms with Crippen LogP contribution in [-0.4, -0.2) is 25.3 Å². The molecule has 1 heterocycles. The van der Waals surface area contributed by atoms with Gasteiger partial charge in [-0.15, -0.1) is 0 Å². The van der Waals surface area contributed by atoms with Gasteiger partial charge < -0.3 is 9.47 Å². The number of fused-ring (bicyclic) bond motifs is 1. The topological polar surface area (TPSA) is 35.5 Å². The molecular weight excluding hydrogens is 300 g/mol. The first kappa shape index (κ1) is 17.1. The molecule has 3 nitrogen and oxygen atoms in total. The standard InChI is InChI=1S/C21H26O3/c1-21(2)14-23-20(24-15-21)13-6-5-12-19(22)18-11-7-9-16-8-3-4-10-17(16)18/h3-4,7-11,20H,5-6,12-15H2,1-2H3. The van der Waals surface area contributed by atoms with Gasteiger partial charge in [0.05, 0.1) is 13.2 Å². The van der Waals surface area contributed by atoms with Crippen molar-refractivity contribution >= 4 is 16.6 Å². The number of Topliss-reactive ketones (excluding diaryl/α,β-unsaturated/α-hetero) is 1. The minimum absolute atomic E-state index is 0.106. The largest absolute Gasteiger partial charge is 0.352 e. The lowest BCUT2D eigenvalue weighted by atomic mass is 9.95. The summed E-state index contributed by atoms with van der Waals surface area (Å²) < 4.78 is 11.5. The number of hydrogen-bond donors (Lipinski definition) is 0. The van der Waals surface area contributed by atoms with E-state index in [1.54, 1.807) is 0 Å². The van der Waals surface area contributed by atoms with Gasteiger partial charge in [0.15, 0.2) is 12.1 Å². The second-order valence-electron chi connectivity index (χ2n) is 7.41. The van der Waals surface area contributed by atoms with Gasteiger partial charge in [-0.1, -0.05) is 56.3 Å². The zero-order valence-electron chi connectivity index (χ0n) is 14.6. The predicted octanol–water partition coefficient (Wildman–Crippen LogP) is 4.98. The van der Waals surface area contributed by atoms with Crippen LogP contribution in [0.25, 0.3) is 10.8 Å². The quantitative estimate of drug-likeness (QED) is 0.554. The molecule has 1 aliphatic heterocycles. The Bertz CT molecular complexity index is 690. The number of ether oxygens (including phenoxy) is 2. The number of benzene rings is 2. The molecule has 0 saturated carbocycles. The molecule has 0 spiro atoms. The van der Waals surface area contributed by atoms with E-state index in [4.69, 9.17) is 9.47 Å². The van der Waals surface area contributed by atoms with Crippen LogP contribution in [0.3, 0.4) is 0 Å². The molecular formula is C21H26O3. The second kappa shape index (κ2) is 7.45. The number of unbranched alkanes of at least 4 members (excludes halogenated alkanes) is 1. The highest BCUT2D eigenvalue weighted by Gasteiger charge is 2.27. The molecule has 3 rings (SSSR count). The summed E-state index contributed by atoms with van der Waals surface area (Å²) in [6.45, 7) is 5.78. The van der Waals surface area contributed by atoms with Crippen molar-refractivity contribution in [1.82, 2.24) is 0 Å². The zero-order chi connectivity index (χ0) is 17.0. The summed E-state index contributed by atoms with van der Waals surface area (Å²) >= 11 is 0. The van der Waals surface area contributed by atoms with Gasteiger partial charge in [-0.05, 0) is 30.0 Å². The Morgan fingerprint density at radius 1 is 1.04 bits per heavy atom. The third-order valence-corrected chi connectivity index (χ3v) is 4.50. The highest BCUT2D eigenvalue weighted by Crippen LogP contribution is 2.25. The molecule has 0 bridgehead atoms. The fourth-order valence-electron chi connectivity index (χ4n) is 3.09. The molecule has 0 unspecified atom stereocenters. The lowest BCUT2D eigenvalue weighted by molar-refractivity contribution is -0.224. The smallest absolute Gasteiger partial charge is 0.163 e. The Morgan fingerprint density at radius 2 is 1.75 bits per heavy atom. The van der Waals surface area contributed by atoms with Crippen LogP contribution in [0.15, 0.2) is 42.5 Å². The minimum Gasteiger partial charge on any atom is -0.352 e. The minimum atomic E-state index is -0.106. The summed E-state index contributed by atoms with van der Waals surface area (Å²) in [5.41, 5.74) is 0.945. The molecule has 0 N–H and O–H groups in total. The Morgan fingerprint density at radius 3 is 2.54 bits per heavy atom. The van der Waals surface area contributed by atoms with Crippen LogP contribution in [-0.2, 0) is 9.47 Å². The predicted molar refractivity (Wildman–Crippen MR) is 96.2 cm³/mol. The van der Waals surface area contributed by atoms with E-state index in [1.807, 2.05) is 42.5 Å². The van der Waals surface area contributed by atoms with Gasteiger partial charge in [0.25, 0.3) is 0 Å². The van der Waals surface area contributed by atoms with Crippen LogP contribution >= 0.6 is 0 Å². The van der Waals surface area contributed by atoms with Crippen LogP contribution in [0, 0.1) is 5.41 Å². The summed E-state index contributed by atoms with van der Waals surface area (Å²) in [6.07, 6.45) is 3.15. The highest BCUT2D eigenvalue weighted by molar-refractivity contribution is 6.08. The average molecular weight is 326 g/mol. The van der Waals surface area contributed by atoms with Crippen molar-refractivity contribution in [2.75, 3.05) is 13.2 Å². The third-order valence-electron chi connectivity index (χ3n) is 4.50. The first-order valence-corrected chi connectivity index (χ1v) is 8.79. The molecule has 2 aromatic rings. The normalized spacial score (nSPS) is 17.9. The van der Waals surface area contributed by atoms with Crippen LogP contribution < -0.4 is 0 Å². The maximum absolute atomic E-state index is 12.5. The van der Waals surface area contributed by atoms with E-state index in [0.717, 1.165) is 48.8 Å². The van der Waals surface area contributed by atoms with Crippen molar-refractivity contribution in [2.45, 2.75) is 45.8 Å². The van der Waals surface area contributed by atoms with Crippen molar-refractivity contribution < 1.29 is 14.3 Å². The summed E-state index contributed by atoms with van der Waals surface area (Å²) in [5, 5.41) is 2.17. The van der Waals surface area contributed by atoms with Crippen LogP contribution in [0.2, 0.25) is 0 Å². The van der Waals surface area contributed by atoms with Gasteiger partial charge >= 0.3 is 0 Å². The molecule has 24 heavy (non-hydrogen) atoms. The van der Waals surface area contributed by atoms with Gasteiger partial charge in [0, 0.05) is 17.4 Å². The van der Waals surface area contributed by atoms with E-state index in [-0.39, 0.29) is 17.5 Å². The van der Waals surface area contributed by atoms with Gasteiger partial charge in [-0.2, -0.15) is 0 Å². The van der Waals surface area contributed by atoms with E-state index < -0.39 is 0 Å². The van der Waals surface area contributed by atoms with E-state index in [0.29, 0.717) is 6.42 Å². The molecule has 0 atom stereocenters. The highest BCUT2D eigenvalue weighted by atomic mass is 16.7. The maximum atomic E-state index is 12.5. The summed E-state index contributed by atoms with van der Waals surface area (Å²) in [5.74, 6) is 0.221. The number of hydrogen-bond acceptors (Lipinski definition) is 3. The van der Waals surface area contributed by atoms with Crippen LogP contribution in [0.1, 0.15) is 49.9 Å². The van der Waals surface area contributed by atoms with Crippen molar-refractivity contribution in [2.24, 2.45) is 5.41 Å². The van der Waals surface area contributed by atoms with Crippen LogP contribution in [0.4, 0.5) is 0 Å². The first-order valence-electron chi connectivity index (χ1n) is 8.79. The Balaban J connectivity index is 1.48. The van der Waals surface area contributed by atoms with Crippen LogP contribution in [0.5, 0.6) is 0 Å². The molecule has 1 aliphatic rings. The summed E-state index contributed by atoms with van der Waals surface area (Å²) in [7, 11) is 0. The van der Waals surface area contributed by atoms with Crippen molar-refractivity contribution in [3.63, 3.8) is 0 Å². The van der Waals surface area contributed by atoms with E-state index in [1.165, 1.54) is 0 Å². The molecule has 0 aliphatic carbocycles. The average Bonchev–Trinajstić information content (AvgIpc) is 2.59. The maximum Gasteiger partial charge on any atom is 0.163 e. The van der Waals surface area contributed by atoms with Crippen molar-refractivity contribution in [1.29, 1.82) is 0 Å². The fourth-order valence-corrected chi connectivity index (χ4v) is 3.09. The first-order chi connectivity index (χ1) is 11.6. The lowest BCUT2D eigenvalue weighted by Gasteiger charge is -2.34. The van der Waals surface area contributed by atoms with Gasteiger partial charge in [0.1, 0.15) is 0 Å².